The van der Waals surface area contributed by atoms with E-state index in [2.05, 4.69) is 6.08 Å². The van der Waals surface area contributed by atoms with E-state index >= 15 is 0 Å². The van der Waals surface area contributed by atoms with Crippen molar-refractivity contribution in [2.45, 2.75) is 6.42 Å². The molecule has 76 valence electrons. The lowest BCUT2D eigenvalue weighted by Crippen LogP contribution is -2.29. The summed E-state index contributed by atoms with van der Waals surface area (Å²) in [6.45, 7) is 0. The Kier molecular flexibility index (Phi) is 2.05. The molecule has 0 bridgehead atoms. The molecule has 0 saturated carbocycles. The van der Waals surface area contributed by atoms with E-state index in [0.717, 1.165) is 12.0 Å². The van der Waals surface area contributed by atoms with Gasteiger partial charge in [-0.25, -0.2) is 0 Å². The van der Waals surface area contributed by atoms with Crippen LogP contribution in [0.3, 0.4) is 0 Å². The first-order chi connectivity index (χ1) is 7.75. The molecule has 0 atom stereocenters. The minimum Gasteiger partial charge on any atom is -0.423 e. The molecule has 0 amide bonds. The highest BCUT2D eigenvalue weighted by Gasteiger charge is 2.27. The van der Waals surface area contributed by atoms with E-state index in [0.29, 0.717) is 5.46 Å². The lowest BCUT2D eigenvalue weighted by atomic mass is 9.78. The topological polar surface area (TPSA) is 40.5 Å². The highest BCUT2D eigenvalue weighted by atomic mass is 16.4. The number of hydrogen-bond acceptors (Lipinski definition) is 2. The highest BCUT2D eigenvalue weighted by Crippen LogP contribution is 2.35. The quantitative estimate of drug-likeness (QED) is 0.525. The molecular formula is C13H10BO2+. The van der Waals surface area contributed by atoms with Gasteiger partial charge in [-0.2, -0.15) is 0 Å². The second-order valence-corrected chi connectivity index (χ2v) is 4.05. The van der Waals surface area contributed by atoms with E-state index in [1.165, 1.54) is 16.7 Å². The Labute approximate surface area is 94.4 Å². The lowest BCUT2D eigenvalue weighted by Gasteiger charge is -2.03. The second kappa shape index (κ2) is 3.43. The second-order valence-electron chi connectivity index (χ2n) is 4.05. The van der Waals surface area contributed by atoms with Crippen molar-refractivity contribution in [3.63, 3.8) is 0 Å². The summed E-state index contributed by atoms with van der Waals surface area (Å²) in [5, 5.41) is 18.3. The van der Waals surface area contributed by atoms with Gasteiger partial charge in [-0.3, -0.25) is 0 Å². The minimum absolute atomic E-state index is 0.541. The van der Waals surface area contributed by atoms with Crippen molar-refractivity contribution >= 4 is 18.2 Å². The smallest absolute Gasteiger partial charge is 0.423 e. The monoisotopic (exact) mass is 209 g/mol. The van der Waals surface area contributed by atoms with Crippen LogP contribution in [0.25, 0.3) is 5.57 Å². The third kappa shape index (κ3) is 1.34. The Bertz CT molecular complexity index is 539. The minimum atomic E-state index is -1.40. The molecule has 1 aromatic rings. The van der Waals surface area contributed by atoms with Crippen LogP contribution in [-0.4, -0.2) is 17.2 Å². The third-order valence-electron chi connectivity index (χ3n) is 3.05. The Balaban J connectivity index is 2.13. The number of allylic oxidation sites excluding steroid dienone is 6. The average Bonchev–Trinajstić information content (AvgIpc) is 2.66. The van der Waals surface area contributed by atoms with Gasteiger partial charge in [-0.1, -0.05) is 18.2 Å². The van der Waals surface area contributed by atoms with Gasteiger partial charge in [0, 0.05) is 18.1 Å². The summed E-state index contributed by atoms with van der Waals surface area (Å²) >= 11 is 0. The first kappa shape index (κ1) is 9.55. The van der Waals surface area contributed by atoms with Crippen LogP contribution in [0.4, 0.5) is 0 Å². The molecule has 0 spiro atoms. The molecule has 0 aliphatic heterocycles. The summed E-state index contributed by atoms with van der Waals surface area (Å²) in [4.78, 5) is 0. The predicted octanol–water partition coefficient (Wildman–Crippen LogP) is 0.605. The molecule has 2 N–H and O–H groups in total. The summed E-state index contributed by atoms with van der Waals surface area (Å²) in [5.74, 6) is 0. The highest BCUT2D eigenvalue weighted by molar-refractivity contribution is 6.58. The van der Waals surface area contributed by atoms with Crippen molar-refractivity contribution in [2.75, 3.05) is 0 Å². The number of rotatable bonds is 1. The maximum absolute atomic E-state index is 9.15. The average molecular weight is 209 g/mol. The van der Waals surface area contributed by atoms with Crippen LogP contribution in [-0.2, 0) is 6.42 Å². The first-order valence-electron chi connectivity index (χ1n) is 5.24. The van der Waals surface area contributed by atoms with E-state index in [-0.39, 0.29) is 0 Å². The molecule has 0 unspecified atom stereocenters. The summed E-state index contributed by atoms with van der Waals surface area (Å²) in [7, 11) is -1.40. The number of hydrogen-bond donors (Lipinski definition) is 2. The van der Waals surface area contributed by atoms with Crippen molar-refractivity contribution in [1.82, 2.24) is 0 Å². The maximum atomic E-state index is 9.15. The molecule has 3 rings (SSSR count). The SMILES string of the molecule is OB(O)c1ccc2c(c1)C1=C(C=[C+]C=C1)C2. The van der Waals surface area contributed by atoms with Gasteiger partial charge >= 0.3 is 7.12 Å². The largest absolute Gasteiger partial charge is 0.488 e. The van der Waals surface area contributed by atoms with Gasteiger partial charge in [0.2, 0.25) is 0 Å². The fourth-order valence-electron chi connectivity index (χ4n) is 2.24. The zero-order valence-electron chi connectivity index (χ0n) is 8.64. The van der Waals surface area contributed by atoms with Gasteiger partial charge in [0.25, 0.3) is 0 Å². The van der Waals surface area contributed by atoms with Crippen LogP contribution in [0.15, 0.2) is 42.0 Å². The number of fused-ring (bicyclic) bond motifs is 2. The van der Waals surface area contributed by atoms with Crippen LogP contribution in [0.2, 0.25) is 0 Å². The van der Waals surface area contributed by atoms with Crippen molar-refractivity contribution in [2.24, 2.45) is 0 Å². The van der Waals surface area contributed by atoms with Crippen LogP contribution in [0, 0.1) is 6.08 Å². The summed E-state index contributed by atoms with van der Waals surface area (Å²) in [6, 6.07) is 5.58. The van der Waals surface area contributed by atoms with Crippen LogP contribution in [0.1, 0.15) is 11.1 Å². The van der Waals surface area contributed by atoms with Crippen LogP contribution < -0.4 is 5.46 Å². The number of benzene rings is 1. The molecule has 2 aliphatic carbocycles. The van der Waals surface area contributed by atoms with E-state index in [1.54, 1.807) is 6.07 Å². The normalized spacial score (nSPS) is 15.9. The molecule has 3 heteroatoms. The fraction of sp³-hybridized carbons (Fsp3) is 0.0769. The summed E-state index contributed by atoms with van der Waals surface area (Å²) < 4.78 is 0. The van der Waals surface area contributed by atoms with Crippen LogP contribution >= 0.6 is 0 Å². The molecule has 0 fully saturated rings. The van der Waals surface area contributed by atoms with Gasteiger partial charge in [-0.15, -0.1) is 0 Å². The van der Waals surface area contributed by atoms with Gasteiger partial charge in [0.05, 0.1) is 17.2 Å². The Morgan fingerprint density at radius 1 is 1.25 bits per heavy atom. The Hall–Kier alpha value is -1.67. The van der Waals surface area contributed by atoms with Gasteiger partial charge in [0.1, 0.15) is 12.2 Å². The van der Waals surface area contributed by atoms with Gasteiger partial charge < -0.3 is 10.0 Å². The zero-order chi connectivity index (χ0) is 11.1. The summed E-state index contributed by atoms with van der Waals surface area (Å²) in [5.41, 5.74) is 5.31. The van der Waals surface area contributed by atoms with E-state index < -0.39 is 7.12 Å². The zero-order valence-corrected chi connectivity index (χ0v) is 8.64. The van der Waals surface area contributed by atoms with Crippen LogP contribution in [0.5, 0.6) is 0 Å². The fourth-order valence-corrected chi connectivity index (χ4v) is 2.24. The molecule has 2 aliphatic rings. The molecule has 2 nitrogen and oxygen atoms in total. The standard InChI is InChI=1S/C13H10BO2/c15-14(16)11-6-5-10-7-9-3-1-2-4-12(9)13(10)8-11/h2-6,8,15-16H,7H2/q+1. The third-order valence-corrected chi connectivity index (χ3v) is 3.05. The van der Waals surface area contributed by atoms with E-state index in [1.807, 2.05) is 30.4 Å². The van der Waals surface area contributed by atoms with Gasteiger partial charge in [0.15, 0.2) is 0 Å². The molecule has 1 aromatic carbocycles. The molecule has 0 aromatic heterocycles. The molecule has 0 radical (unpaired) electrons. The van der Waals surface area contributed by atoms with E-state index in [9.17, 15) is 0 Å². The van der Waals surface area contributed by atoms with Crippen molar-refractivity contribution < 1.29 is 10.0 Å². The molecule has 0 saturated heterocycles. The Morgan fingerprint density at radius 2 is 2.12 bits per heavy atom. The van der Waals surface area contributed by atoms with Crippen molar-refractivity contribution in [3.05, 3.63) is 59.2 Å². The molecule has 16 heavy (non-hydrogen) atoms. The molecule has 0 heterocycles. The van der Waals surface area contributed by atoms with E-state index in [4.69, 9.17) is 10.0 Å². The summed E-state index contributed by atoms with van der Waals surface area (Å²) in [6.07, 6.45) is 9.87. The Morgan fingerprint density at radius 3 is 2.94 bits per heavy atom. The lowest BCUT2D eigenvalue weighted by molar-refractivity contribution is 0.426. The first-order valence-corrected chi connectivity index (χ1v) is 5.24. The predicted molar refractivity (Wildman–Crippen MR) is 63.8 cm³/mol. The van der Waals surface area contributed by atoms with Crippen molar-refractivity contribution in [3.8, 4) is 0 Å². The van der Waals surface area contributed by atoms with Crippen molar-refractivity contribution in [1.29, 1.82) is 0 Å². The maximum Gasteiger partial charge on any atom is 0.488 e. The van der Waals surface area contributed by atoms with Gasteiger partial charge in [-0.05, 0) is 11.0 Å². The molecular weight excluding hydrogens is 199 g/mol.